The molecule has 0 amide bonds. The molecule has 0 radical (unpaired) electrons. The van der Waals surface area contributed by atoms with Gasteiger partial charge in [0.15, 0.2) is 0 Å². The summed E-state index contributed by atoms with van der Waals surface area (Å²) >= 11 is 0. The zero-order valence-electron chi connectivity index (χ0n) is 6.56. The lowest BCUT2D eigenvalue weighted by Crippen LogP contribution is -2.57. The molecule has 4 nitrogen and oxygen atoms in total. The fourth-order valence-electron chi connectivity index (χ4n) is 0.408. The van der Waals surface area contributed by atoms with Crippen LogP contribution in [0.1, 0.15) is 12.8 Å². The molecule has 12 heavy (non-hydrogen) atoms. The topological polar surface area (TPSA) is 104 Å². The Labute approximate surface area is 97.8 Å². The third-order valence-electron chi connectivity index (χ3n) is 0.814. The van der Waals surface area contributed by atoms with Gasteiger partial charge in [0.25, 0.3) is 0 Å². The third-order valence-corrected chi connectivity index (χ3v) is 0.814. The fraction of sp³-hybridized carbons (Fsp3) is 1.00. The van der Waals surface area contributed by atoms with E-state index in [-0.39, 0.29) is 49.6 Å². The molecule has 0 rings (SSSR count). The zero-order chi connectivity index (χ0) is 6.62. The molecule has 0 bridgehead atoms. The Balaban J connectivity index is -0.0000000408. The number of rotatable bonds is 3. The molecule has 82 valence electrons. The molecule has 0 aliphatic heterocycles. The number of nitrogens with two attached hydrogens (primary N) is 4. The largest absolute Gasteiger partial charge is 0.330 e. The SMILES string of the molecule is Cl.Cl.Cl.Cl.NCCCC(N)(N)N. The fourth-order valence-corrected chi connectivity index (χ4v) is 0.408. The second-order valence-electron chi connectivity index (χ2n) is 2.00. The van der Waals surface area contributed by atoms with E-state index in [9.17, 15) is 0 Å². The average molecular weight is 264 g/mol. The highest BCUT2D eigenvalue weighted by Gasteiger charge is 2.08. The summed E-state index contributed by atoms with van der Waals surface area (Å²) in [5.41, 5.74) is 20.8. The van der Waals surface area contributed by atoms with E-state index in [0.717, 1.165) is 6.42 Å². The van der Waals surface area contributed by atoms with Gasteiger partial charge in [-0.15, -0.1) is 49.6 Å². The van der Waals surface area contributed by atoms with Gasteiger partial charge in [0.1, 0.15) is 5.79 Å². The molecule has 0 aliphatic carbocycles. The smallest absolute Gasteiger partial charge is 0.115 e. The maximum absolute atomic E-state index is 5.22. The summed E-state index contributed by atoms with van der Waals surface area (Å²) in [6.45, 7) is 0.591. The monoisotopic (exact) mass is 262 g/mol. The lowest BCUT2D eigenvalue weighted by molar-refractivity contribution is 0.415. The van der Waals surface area contributed by atoms with Crippen molar-refractivity contribution in [2.45, 2.75) is 18.6 Å². The van der Waals surface area contributed by atoms with E-state index >= 15 is 0 Å². The van der Waals surface area contributed by atoms with Crippen LogP contribution in [0.2, 0.25) is 0 Å². The molecule has 8 heteroatoms. The van der Waals surface area contributed by atoms with E-state index < -0.39 is 5.79 Å². The summed E-state index contributed by atoms with van der Waals surface area (Å²) in [5, 5.41) is 0. The zero-order valence-corrected chi connectivity index (χ0v) is 9.83. The maximum atomic E-state index is 5.22. The van der Waals surface area contributed by atoms with Crippen LogP contribution in [0.3, 0.4) is 0 Å². The molecule has 0 heterocycles. The Bertz CT molecular complexity index is 66.6. The van der Waals surface area contributed by atoms with Gasteiger partial charge < -0.3 is 22.9 Å². The van der Waals surface area contributed by atoms with Gasteiger partial charge in [0.2, 0.25) is 0 Å². The van der Waals surface area contributed by atoms with Gasteiger partial charge in [-0.1, -0.05) is 0 Å². The molecule has 0 fully saturated rings. The highest BCUT2D eigenvalue weighted by molar-refractivity contribution is 5.86. The summed E-state index contributed by atoms with van der Waals surface area (Å²) < 4.78 is 0. The molecule has 0 atom stereocenters. The van der Waals surface area contributed by atoms with Crippen LogP contribution >= 0.6 is 49.6 Å². The predicted octanol–water partition coefficient (Wildman–Crippen LogP) is -0.0576. The van der Waals surface area contributed by atoms with E-state index in [1.165, 1.54) is 0 Å². The normalized spacial score (nSPS) is 8.00. The Morgan fingerprint density at radius 3 is 1.25 bits per heavy atom. The molecular weight excluding hydrogens is 246 g/mol. The minimum Gasteiger partial charge on any atom is -0.330 e. The highest BCUT2D eigenvalue weighted by atomic mass is 35.5. The Hall–Kier alpha value is 1.000. The molecule has 0 saturated carbocycles. The van der Waals surface area contributed by atoms with Gasteiger partial charge in [0.05, 0.1) is 0 Å². The number of hydrogen-bond donors (Lipinski definition) is 4. The summed E-state index contributed by atoms with van der Waals surface area (Å²) in [4.78, 5) is 0. The summed E-state index contributed by atoms with van der Waals surface area (Å²) in [7, 11) is 0. The standard InChI is InChI=1S/C4H14N4.4ClH/c5-3-1-2-4(6,7)8;;;;/h1-3,5-8H2;4*1H. The first-order valence-corrected chi connectivity index (χ1v) is 2.63. The van der Waals surface area contributed by atoms with Crippen LogP contribution < -0.4 is 22.9 Å². The lowest BCUT2D eigenvalue weighted by Gasteiger charge is -2.16. The molecule has 0 aromatic rings. The maximum Gasteiger partial charge on any atom is 0.115 e. The van der Waals surface area contributed by atoms with E-state index in [0.29, 0.717) is 13.0 Å². The molecule has 8 N–H and O–H groups in total. The number of halogens is 4. The Kier molecular flexibility index (Phi) is 35.4. The summed E-state index contributed by atoms with van der Waals surface area (Å²) in [5.74, 6) is -1.03. The van der Waals surface area contributed by atoms with Crippen molar-refractivity contribution in [2.75, 3.05) is 6.54 Å². The van der Waals surface area contributed by atoms with Crippen LogP contribution in [0.15, 0.2) is 0 Å². The van der Waals surface area contributed by atoms with Crippen molar-refractivity contribution in [3.63, 3.8) is 0 Å². The minimum atomic E-state index is -1.03. The average Bonchev–Trinajstić information content (AvgIpc) is 1.59. The first-order valence-electron chi connectivity index (χ1n) is 2.63. The van der Waals surface area contributed by atoms with Gasteiger partial charge in [-0.3, -0.25) is 0 Å². The molecule has 0 aliphatic rings. The number of hydrogen-bond acceptors (Lipinski definition) is 4. The molecular formula is C4H18Cl4N4. The Morgan fingerprint density at radius 1 is 0.833 bits per heavy atom. The van der Waals surface area contributed by atoms with Gasteiger partial charge >= 0.3 is 0 Å². The van der Waals surface area contributed by atoms with Crippen molar-refractivity contribution in [1.29, 1.82) is 0 Å². The van der Waals surface area contributed by atoms with Crippen LogP contribution in [0.25, 0.3) is 0 Å². The van der Waals surface area contributed by atoms with E-state index in [4.69, 9.17) is 22.9 Å². The van der Waals surface area contributed by atoms with Crippen LogP contribution in [-0.4, -0.2) is 12.3 Å². The first kappa shape index (κ1) is 29.2. The lowest BCUT2D eigenvalue weighted by atomic mass is 10.2. The van der Waals surface area contributed by atoms with E-state index in [1.807, 2.05) is 0 Å². The van der Waals surface area contributed by atoms with Crippen LogP contribution in [-0.2, 0) is 0 Å². The van der Waals surface area contributed by atoms with Crippen LogP contribution in [0, 0.1) is 0 Å². The van der Waals surface area contributed by atoms with Crippen molar-refractivity contribution >= 4 is 49.6 Å². The quantitative estimate of drug-likeness (QED) is 0.536. The molecule has 0 unspecified atom stereocenters. The van der Waals surface area contributed by atoms with Crippen molar-refractivity contribution in [2.24, 2.45) is 22.9 Å². The molecule has 0 spiro atoms. The molecule has 0 aromatic carbocycles. The second kappa shape index (κ2) is 14.5. The van der Waals surface area contributed by atoms with Gasteiger partial charge in [-0.2, -0.15) is 0 Å². The van der Waals surface area contributed by atoms with Crippen LogP contribution in [0.5, 0.6) is 0 Å². The van der Waals surface area contributed by atoms with Crippen molar-refractivity contribution < 1.29 is 0 Å². The van der Waals surface area contributed by atoms with Crippen LogP contribution in [0.4, 0.5) is 0 Å². The minimum absolute atomic E-state index is 0. The first-order chi connectivity index (χ1) is 3.56. The van der Waals surface area contributed by atoms with E-state index in [1.54, 1.807) is 0 Å². The van der Waals surface area contributed by atoms with Gasteiger partial charge in [0, 0.05) is 0 Å². The Morgan fingerprint density at radius 2 is 1.17 bits per heavy atom. The van der Waals surface area contributed by atoms with Crippen molar-refractivity contribution in [1.82, 2.24) is 0 Å². The summed E-state index contributed by atoms with van der Waals surface area (Å²) in [6.07, 6.45) is 1.35. The van der Waals surface area contributed by atoms with Gasteiger partial charge in [-0.05, 0) is 19.4 Å². The van der Waals surface area contributed by atoms with E-state index in [2.05, 4.69) is 0 Å². The molecule has 0 saturated heterocycles. The second-order valence-corrected chi connectivity index (χ2v) is 2.00. The van der Waals surface area contributed by atoms with Crippen molar-refractivity contribution in [3.05, 3.63) is 0 Å². The van der Waals surface area contributed by atoms with Crippen molar-refractivity contribution in [3.8, 4) is 0 Å². The predicted molar refractivity (Wildman–Crippen MR) is 62.6 cm³/mol. The van der Waals surface area contributed by atoms with Gasteiger partial charge in [-0.25, -0.2) is 0 Å². The highest BCUT2D eigenvalue weighted by Crippen LogP contribution is 1.91. The third kappa shape index (κ3) is 30.6. The summed E-state index contributed by atoms with van der Waals surface area (Å²) in [6, 6.07) is 0. The molecule has 0 aromatic heterocycles.